The van der Waals surface area contributed by atoms with Crippen molar-refractivity contribution in [1.82, 2.24) is 0 Å². The summed E-state index contributed by atoms with van der Waals surface area (Å²) in [6.45, 7) is 4.41. The van der Waals surface area contributed by atoms with Crippen molar-refractivity contribution < 1.29 is 8.98 Å². The molecule has 0 unspecified atom stereocenters. The molecule has 0 fully saturated rings. The maximum absolute atomic E-state index is 6.75. The molecule has 2 heteroatoms. The topological polar surface area (TPSA) is 17.0 Å². The second kappa shape index (κ2) is 7.34. The fraction of sp³-hybridized carbons (Fsp3) is 0.233. The lowest BCUT2D eigenvalue weighted by Gasteiger charge is -2.19. The van der Waals surface area contributed by atoms with E-state index in [4.69, 9.17) is 4.42 Å². The van der Waals surface area contributed by atoms with E-state index in [1.165, 1.54) is 81.1 Å². The molecule has 0 spiro atoms. The van der Waals surface area contributed by atoms with Crippen molar-refractivity contribution in [2.75, 3.05) is 0 Å². The first-order chi connectivity index (χ1) is 15.6. The van der Waals surface area contributed by atoms with Crippen LogP contribution < -0.4 is 4.57 Å². The van der Waals surface area contributed by atoms with Gasteiger partial charge in [0.2, 0.25) is 5.69 Å². The van der Waals surface area contributed by atoms with Crippen LogP contribution in [0.15, 0.2) is 71.3 Å². The summed E-state index contributed by atoms with van der Waals surface area (Å²) in [4.78, 5) is 0. The summed E-state index contributed by atoms with van der Waals surface area (Å²) in [6, 6.07) is 22.2. The molecule has 2 nitrogen and oxygen atoms in total. The Morgan fingerprint density at radius 3 is 2.31 bits per heavy atom. The Morgan fingerprint density at radius 1 is 0.719 bits per heavy atom. The quantitative estimate of drug-likeness (QED) is 0.276. The van der Waals surface area contributed by atoms with Gasteiger partial charge in [0.05, 0.1) is 5.56 Å². The molecule has 32 heavy (non-hydrogen) atoms. The van der Waals surface area contributed by atoms with Gasteiger partial charge in [-0.2, -0.15) is 0 Å². The van der Waals surface area contributed by atoms with Gasteiger partial charge in [0, 0.05) is 28.5 Å². The number of rotatable bonds is 2. The number of benzene rings is 3. The van der Waals surface area contributed by atoms with Crippen molar-refractivity contribution in [3.8, 4) is 22.4 Å². The normalized spacial score (nSPS) is 13.6. The third-order valence-corrected chi connectivity index (χ3v) is 7.17. The number of aryl methyl sites for hydroxylation is 5. The third-order valence-electron chi connectivity index (χ3n) is 7.17. The number of hydrogen-bond donors (Lipinski definition) is 0. The molecule has 0 amide bonds. The second-order valence-electron chi connectivity index (χ2n) is 9.26. The monoisotopic (exact) mass is 418 g/mol. The molecular formula is C30H28NO+. The summed E-state index contributed by atoms with van der Waals surface area (Å²) in [5.74, 6) is 0. The van der Waals surface area contributed by atoms with Crippen molar-refractivity contribution in [2.45, 2.75) is 39.5 Å². The molecule has 158 valence electrons. The van der Waals surface area contributed by atoms with E-state index < -0.39 is 0 Å². The number of furan rings is 1. The summed E-state index contributed by atoms with van der Waals surface area (Å²) in [7, 11) is 2.10. The minimum Gasteiger partial charge on any atom is -0.454 e. The lowest BCUT2D eigenvalue weighted by atomic mass is 9.86. The summed E-state index contributed by atoms with van der Waals surface area (Å²) < 4.78 is 8.92. The van der Waals surface area contributed by atoms with Gasteiger partial charge in [-0.05, 0) is 73.4 Å². The molecule has 1 aliphatic rings. The summed E-state index contributed by atoms with van der Waals surface area (Å²) >= 11 is 0. The number of hydrogen-bond acceptors (Lipinski definition) is 1. The van der Waals surface area contributed by atoms with Crippen LogP contribution >= 0.6 is 0 Å². The van der Waals surface area contributed by atoms with E-state index in [1.807, 2.05) is 0 Å². The zero-order chi connectivity index (χ0) is 21.8. The summed E-state index contributed by atoms with van der Waals surface area (Å²) in [6.07, 6.45) is 7.10. The predicted octanol–water partition coefficient (Wildman–Crippen LogP) is 7.24. The van der Waals surface area contributed by atoms with E-state index in [2.05, 4.69) is 92.3 Å². The minimum absolute atomic E-state index is 0.977. The largest absolute Gasteiger partial charge is 0.454 e. The van der Waals surface area contributed by atoms with E-state index in [-0.39, 0.29) is 0 Å². The molecule has 0 saturated heterocycles. The van der Waals surface area contributed by atoms with Crippen LogP contribution in [0.3, 0.4) is 0 Å². The Labute approximate surface area is 189 Å². The molecular weight excluding hydrogens is 390 g/mol. The molecule has 2 heterocycles. The first-order valence-corrected chi connectivity index (χ1v) is 11.6. The number of para-hydroxylation sites is 1. The van der Waals surface area contributed by atoms with Gasteiger partial charge < -0.3 is 4.42 Å². The maximum Gasteiger partial charge on any atom is 0.216 e. The molecule has 0 radical (unpaired) electrons. The van der Waals surface area contributed by atoms with E-state index in [0.717, 1.165) is 11.2 Å². The molecule has 0 bridgehead atoms. The number of aromatic nitrogens is 1. The molecule has 0 saturated carbocycles. The molecule has 6 rings (SSSR count). The first-order valence-electron chi connectivity index (χ1n) is 11.6. The van der Waals surface area contributed by atoms with Gasteiger partial charge in [0.1, 0.15) is 18.2 Å². The lowest BCUT2D eigenvalue weighted by molar-refractivity contribution is -0.660. The maximum atomic E-state index is 6.75. The molecule has 0 aliphatic heterocycles. The van der Waals surface area contributed by atoms with E-state index in [1.54, 1.807) is 0 Å². The van der Waals surface area contributed by atoms with Gasteiger partial charge >= 0.3 is 0 Å². The zero-order valence-electron chi connectivity index (χ0n) is 19.0. The van der Waals surface area contributed by atoms with Crippen molar-refractivity contribution >= 4 is 21.9 Å². The fourth-order valence-corrected chi connectivity index (χ4v) is 5.47. The first kappa shape index (κ1) is 19.3. The molecule has 2 aromatic heterocycles. The van der Waals surface area contributed by atoms with Crippen LogP contribution in [0.25, 0.3) is 44.3 Å². The van der Waals surface area contributed by atoms with Gasteiger partial charge in [0.15, 0.2) is 6.20 Å². The second-order valence-corrected chi connectivity index (χ2v) is 9.26. The number of pyridine rings is 1. The summed E-state index contributed by atoms with van der Waals surface area (Å²) in [5, 5.41) is 2.37. The standard InChI is InChI=1S/C30H28NO/c1-19-14-15-25-23-11-8-12-24(26-18-22-10-5-4-9-21(22)17-20(26)2)29(23)32-30(25)28(19)27-13-6-7-16-31(27)3/h6-8,11-18H,4-5,9-10H2,1-3H3/q+1. The van der Waals surface area contributed by atoms with Gasteiger partial charge in [-0.25, -0.2) is 4.57 Å². The van der Waals surface area contributed by atoms with Crippen molar-refractivity contribution in [3.63, 3.8) is 0 Å². The van der Waals surface area contributed by atoms with Crippen LogP contribution in [0.4, 0.5) is 0 Å². The highest BCUT2D eigenvalue weighted by Crippen LogP contribution is 2.41. The van der Waals surface area contributed by atoms with Gasteiger partial charge in [0.25, 0.3) is 0 Å². The van der Waals surface area contributed by atoms with E-state index in [9.17, 15) is 0 Å². The highest BCUT2D eigenvalue weighted by Gasteiger charge is 2.22. The highest BCUT2D eigenvalue weighted by atomic mass is 16.3. The van der Waals surface area contributed by atoms with Crippen LogP contribution in [0, 0.1) is 13.8 Å². The molecule has 0 atom stereocenters. The average Bonchev–Trinajstić information content (AvgIpc) is 3.18. The van der Waals surface area contributed by atoms with Crippen LogP contribution in [0.1, 0.15) is 35.1 Å². The SMILES string of the molecule is Cc1cc2c(cc1-c1cccc3c1oc1c(-c4cccc[n+]4C)c(C)ccc13)CCCC2. The van der Waals surface area contributed by atoms with Crippen LogP contribution in [0.5, 0.6) is 0 Å². The minimum atomic E-state index is 0.977. The average molecular weight is 419 g/mol. The summed E-state index contributed by atoms with van der Waals surface area (Å²) in [5.41, 5.74) is 12.4. The third kappa shape index (κ3) is 2.90. The predicted molar refractivity (Wildman–Crippen MR) is 132 cm³/mol. The molecule has 3 aromatic carbocycles. The van der Waals surface area contributed by atoms with Crippen molar-refractivity contribution in [3.05, 3.63) is 89.1 Å². The van der Waals surface area contributed by atoms with Gasteiger partial charge in [-0.3, -0.25) is 0 Å². The zero-order valence-corrected chi connectivity index (χ0v) is 19.0. The Hall–Kier alpha value is -3.39. The highest BCUT2D eigenvalue weighted by molar-refractivity contribution is 6.13. The van der Waals surface area contributed by atoms with Crippen LogP contribution in [-0.2, 0) is 19.9 Å². The molecule has 0 N–H and O–H groups in total. The molecule has 1 aliphatic carbocycles. The van der Waals surface area contributed by atoms with Crippen LogP contribution in [-0.4, -0.2) is 0 Å². The van der Waals surface area contributed by atoms with Crippen molar-refractivity contribution in [2.24, 2.45) is 7.05 Å². The number of nitrogens with zero attached hydrogens (tertiary/aromatic N) is 1. The Bertz CT molecular complexity index is 1510. The molecule has 5 aromatic rings. The number of fused-ring (bicyclic) bond motifs is 4. The Kier molecular flexibility index (Phi) is 4.43. The van der Waals surface area contributed by atoms with Gasteiger partial charge in [-0.1, -0.05) is 42.5 Å². The van der Waals surface area contributed by atoms with Crippen molar-refractivity contribution in [1.29, 1.82) is 0 Å². The van der Waals surface area contributed by atoms with Crippen LogP contribution in [0.2, 0.25) is 0 Å². The van der Waals surface area contributed by atoms with E-state index in [0.29, 0.717) is 0 Å². The lowest BCUT2D eigenvalue weighted by Crippen LogP contribution is -2.30. The van der Waals surface area contributed by atoms with E-state index >= 15 is 0 Å². The Morgan fingerprint density at radius 2 is 1.50 bits per heavy atom. The smallest absolute Gasteiger partial charge is 0.216 e. The fourth-order valence-electron chi connectivity index (χ4n) is 5.47. The Balaban J connectivity index is 1.65. The van der Waals surface area contributed by atoms with Gasteiger partial charge in [-0.15, -0.1) is 0 Å².